The van der Waals surface area contributed by atoms with Crippen LogP contribution < -0.4 is 9.64 Å². The van der Waals surface area contributed by atoms with Crippen LogP contribution in [0.15, 0.2) is 53.7 Å². The van der Waals surface area contributed by atoms with Crippen LogP contribution in [0.25, 0.3) is 0 Å². The summed E-state index contributed by atoms with van der Waals surface area (Å²) >= 11 is 0. The molecule has 6 nitrogen and oxygen atoms in total. The number of rotatable bonds is 8. The summed E-state index contributed by atoms with van der Waals surface area (Å²) in [6.45, 7) is 4.85. The standard InChI is InChI=1S/C24H31N3O3/c1-17(2)24(28)27(15-18-7-6-8-21(13-18)29-5)16-22-14-23(25-30-22)19-9-11-20(12-10-19)26(3)4/h6-13,17,22H,14-16H2,1-5H3. The van der Waals surface area contributed by atoms with Gasteiger partial charge in [-0.1, -0.05) is 43.3 Å². The fraction of sp³-hybridized carbons (Fsp3) is 0.417. The van der Waals surface area contributed by atoms with Crippen LogP contribution in [0, 0.1) is 5.92 Å². The van der Waals surface area contributed by atoms with Gasteiger partial charge in [0.05, 0.1) is 19.4 Å². The van der Waals surface area contributed by atoms with Crippen LogP contribution in [-0.2, 0) is 16.2 Å². The smallest absolute Gasteiger partial charge is 0.225 e. The fourth-order valence-corrected chi connectivity index (χ4v) is 3.48. The van der Waals surface area contributed by atoms with Crippen LogP contribution in [0.3, 0.4) is 0 Å². The lowest BCUT2D eigenvalue weighted by Crippen LogP contribution is -2.39. The van der Waals surface area contributed by atoms with Crippen LogP contribution in [0.2, 0.25) is 0 Å². The van der Waals surface area contributed by atoms with Gasteiger partial charge in [0.2, 0.25) is 5.91 Å². The van der Waals surface area contributed by atoms with Crippen molar-refractivity contribution >= 4 is 17.3 Å². The number of methoxy groups -OCH3 is 1. The largest absolute Gasteiger partial charge is 0.497 e. The molecule has 1 atom stereocenters. The van der Waals surface area contributed by atoms with E-state index < -0.39 is 0 Å². The van der Waals surface area contributed by atoms with E-state index in [4.69, 9.17) is 9.57 Å². The van der Waals surface area contributed by atoms with E-state index in [9.17, 15) is 4.79 Å². The van der Waals surface area contributed by atoms with Crippen LogP contribution in [-0.4, -0.2) is 50.4 Å². The van der Waals surface area contributed by atoms with Gasteiger partial charge in [-0.2, -0.15) is 0 Å². The minimum atomic E-state index is -0.151. The molecule has 1 heterocycles. The van der Waals surface area contributed by atoms with Gasteiger partial charge < -0.3 is 19.4 Å². The van der Waals surface area contributed by atoms with E-state index in [1.165, 1.54) is 0 Å². The third-order valence-corrected chi connectivity index (χ3v) is 5.19. The third-order valence-electron chi connectivity index (χ3n) is 5.19. The van der Waals surface area contributed by atoms with Gasteiger partial charge in [-0.3, -0.25) is 4.79 Å². The zero-order valence-electron chi connectivity index (χ0n) is 18.5. The van der Waals surface area contributed by atoms with Crippen molar-refractivity contribution in [2.45, 2.75) is 32.9 Å². The monoisotopic (exact) mass is 409 g/mol. The van der Waals surface area contributed by atoms with Crippen LogP contribution in [0.5, 0.6) is 5.75 Å². The van der Waals surface area contributed by atoms with E-state index in [0.29, 0.717) is 19.5 Å². The second-order valence-electron chi connectivity index (χ2n) is 8.14. The first-order valence-corrected chi connectivity index (χ1v) is 10.3. The van der Waals surface area contributed by atoms with Gasteiger partial charge in [0, 0.05) is 38.7 Å². The maximum atomic E-state index is 12.8. The van der Waals surface area contributed by atoms with Crippen molar-refractivity contribution in [1.29, 1.82) is 0 Å². The summed E-state index contributed by atoms with van der Waals surface area (Å²) in [5, 5.41) is 4.30. The highest BCUT2D eigenvalue weighted by molar-refractivity contribution is 6.01. The molecule has 0 N–H and O–H groups in total. The predicted molar refractivity (Wildman–Crippen MR) is 120 cm³/mol. The van der Waals surface area contributed by atoms with Crippen molar-refractivity contribution in [2.75, 3.05) is 32.6 Å². The third kappa shape index (κ3) is 5.32. The molecule has 0 fully saturated rings. The number of carbonyl (C=O) groups excluding carboxylic acids is 1. The Morgan fingerprint density at radius 1 is 1.20 bits per heavy atom. The van der Waals surface area contributed by atoms with Crippen LogP contribution in [0.1, 0.15) is 31.4 Å². The zero-order chi connectivity index (χ0) is 21.7. The summed E-state index contributed by atoms with van der Waals surface area (Å²) in [4.78, 5) is 22.5. The van der Waals surface area contributed by atoms with Crippen LogP contribution >= 0.6 is 0 Å². The average molecular weight is 410 g/mol. The van der Waals surface area contributed by atoms with Crippen molar-refractivity contribution < 1.29 is 14.4 Å². The minimum Gasteiger partial charge on any atom is -0.497 e. The Hall–Kier alpha value is -3.02. The number of carbonyl (C=O) groups is 1. The SMILES string of the molecule is COc1cccc(CN(CC2CC(c3ccc(N(C)C)cc3)=NO2)C(=O)C(C)C)c1. The highest BCUT2D eigenvalue weighted by Crippen LogP contribution is 2.22. The first-order valence-electron chi connectivity index (χ1n) is 10.3. The average Bonchev–Trinajstić information content (AvgIpc) is 3.21. The number of hydrogen-bond donors (Lipinski definition) is 0. The van der Waals surface area contributed by atoms with Gasteiger partial charge in [0.1, 0.15) is 5.75 Å². The molecule has 1 aliphatic rings. The second kappa shape index (κ2) is 9.65. The molecule has 0 saturated heterocycles. The molecule has 1 aliphatic heterocycles. The molecule has 2 aromatic rings. The zero-order valence-corrected chi connectivity index (χ0v) is 18.5. The normalized spacial score (nSPS) is 15.5. The number of ether oxygens (including phenoxy) is 1. The van der Waals surface area contributed by atoms with E-state index in [0.717, 1.165) is 28.3 Å². The predicted octanol–water partition coefficient (Wildman–Crippen LogP) is 3.94. The summed E-state index contributed by atoms with van der Waals surface area (Å²) in [6, 6.07) is 16.1. The molecule has 6 heteroatoms. The lowest BCUT2D eigenvalue weighted by molar-refractivity contribution is -0.136. The van der Waals surface area contributed by atoms with E-state index in [1.54, 1.807) is 7.11 Å². The highest BCUT2D eigenvalue weighted by atomic mass is 16.6. The Balaban J connectivity index is 1.67. The molecule has 160 valence electrons. The molecule has 1 unspecified atom stereocenters. The summed E-state index contributed by atoms with van der Waals surface area (Å²) < 4.78 is 5.31. The molecule has 0 bridgehead atoms. The van der Waals surface area contributed by atoms with Gasteiger partial charge in [-0.05, 0) is 35.4 Å². The highest BCUT2D eigenvalue weighted by Gasteiger charge is 2.28. The molecule has 1 amide bonds. The number of benzene rings is 2. The number of hydrogen-bond acceptors (Lipinski definition) is 5. The maximum absolute atomic E-state index is 12.8. The molecule has 2 aromatic carbocycles. The first kappa shape index (κ1) is 21.7. The molecule has 30 heavy (non-hydrogen) atoms. The van der Waals surface area contributed by atoms with Crippen molar-refractivity contribution in [3.8, 4) is 5.75 Å². The van der Waals surface area contributed by atoms with Gasteiger partial charge in [0.25, 0.3) is 0 Å². The Kier molecular flexibility index (Phi) is 6.98. The number of oxime groups is 1. The quantitative estimate of drug-likeness (QED) is 0.663. The summed E-state index contributed by atoms with van der Waals surface area (Å²) in [5.74, 6) is 0.800. The minimum absolute atomic E-state index is 0.0871. The Bertz CT molecular complexity index is 891. The summed E-state index contributed by atoms with van der Waals surface area (Å²) in [6.07, 6.45) is 0.531. The van der Waals surface area contributed by atoms with Gasteiger partial charge >= 0.3 is 0 Å². The van der Waals surface area contributed by atoms with E-state index in [-0.39, 0.29) is 17.9 Å². The van der Waals surface area contributed by atoms with Crippen LogP contribution in [0.4, 0.5) is 5.69 Å². The van der Waals surface area contributed by atoms with E-state index in [2.05, 4.69) is 34.3 Å². The molecule has 0 aromatic heterocycles. The van der Waals surface area contributed by atoms with E-state index in [1.807, 2.05) is 57.1 Å². The molecule has 0 spiro atoms. The molecular formula is C24H31N3O3. The molecule has 0 aliphatic carbocycles. The number of anilines is 1. The lowest BCUT2D eigenvalue weighted by Gasteiger charge is -2.26. The van der Waals surface area contributed by atoms with Crippen molar-refractivity contribution in [2.24, 2.45) is 11.1 Å². The summed E-state index contributed by atoms with van der Waals surface area (Å²) in [7, 11) is 5.68. The number of nitrogens with zero attached hydrogens (tertiary/aromatic N) is 3. The van der Waals surface area contributed by atoms with E-state index >= 15 is 0 Å². The maximum Gasteiger partial charge on any atom is 0.225 e. The van der Waals surface area contributed by atoms with Crippen molar-refractivity contribution in [3.05, 3.63) is 59.7 Å². The lowest BCUT2D eigenvalue weighted by atomic mass is 10.0. The molecule has 0 radical (unpaired) electrons. The van der Waals surface area contributed by atoms with Crippen molar-refractivity contribution in [3.63, 3.8) is 0 Å². The first-order chi connectivity index (χ1) is 14.4. The fourth-order valence-electron chi connectivity index (χ4n) is 3.48. The topological polar surface area (TPSA) is 54.4 Å². The second-order valence-corrected chi connectivity index (χ2v) is 8.14. The van der Waals surface area contributed by atoms with Gasteiger partial charge in [-0.25, -0.2) is 0 Å². The molecule has 3 rings (SSSR count). The Labute approximate surface area is 179 Å². The molecular weight excluding hydrogens is 378 g/mol. The van der Waals surface area contributed by atoms with Gasteiger partial charge in [0.15, 0.2) is 6.10 Å². The van der Waals surface area contributed by atoms with Crippen molar-refractivity contribution in [1.82, 2.24) is 4.90 Å². The Morgan fingerprint density at radius 2 is 1.93 bits per heavy atom. The Morgan fingerprint density at radius 3 is 2.57 bits per heavy atom. The molecule has 0 saturated carbocycles. The number of amides is 1. The van der Waals surface area contributed by atoms with Gasteiger partial charge in [-0.15, -0.1) is 0 Å². The summed E-state index contributed by atoms with van der Waals surface area (Å²) in [5.41, 5.74) is 4.14.